The molecule has 0 fully saturated rings. The third-order valence-electron chi connectivity index (χ3n) is 1.33. The molecule has 0 aliphatic carbocycles. The molecule has 0 atom stereocenters. The van der Waals surface area contributed by atoms with Crippen molar-refractivity contribution in [3.05, 3.63) is 29.6 Å². The number of ketones is 1. The summed E-state index contributed by atoms with van der Waals surface area (Å²) in [6.45, 7) is 1.34. The topological polar surface area (TPSA) is 30.0 Å². The molecule has 0 unspecified atom stereocenters. The summed E-state index contributed by atoms with van der Waals surface area (Å²) < 4.78 is 25.0. The average Bonchev–Trinajstić information content (AvgIpc) is 1.94. The van der Waals surface area contributed by atoms with E-state index in [0.717, 1.165) is 6.07 Å². The molecular formula is C8H7F2NO. The highest BCUT2D eigenvalue weighted by Gasteiger charge is 2.06. The Kier molecular flexibility index (Phi) is 2.47. The molecule has 1 aromatic rings. The van der Waals surface area contributed by atoms with Gasteiger partial charge >= 0.3 is 0 Å². The van der Waals surface area contributed by atoms with Crippen molar-refractivity contribution >= 4 is 5.78 Å². The minimum Gasteiger partial charge on any atom is -0.300 e. The molecule has 1 rings (SSSR count). The molecule has 12 heavy (non-hydrogen) atoms. The minimum absolute atomic E-state index is 0.0425. The van der Waals surface area contributed by atoms with Gasteiger partial charge in [-0.15, -0.1) is 0 Å². The molecule has 0 spiro atoms. The normalized spacial score (nSPS) is 9.92. The van der Waals surface area contributed by atoms with Crippen molar-refractivity contribution in [2.24, 2.45) is 0 Å². The molecule has 0 bridgehead atoms. The third-order valence-corrected chi connectivity index (χ3v) is 1.33. The zero-order chi connectivity index (χ0) is 9.14. The van der Waals surface area contributed by atoms with E-state index in [2.05, 4.69) is 4.98 Å². The van der Waals surface area contributed by atoms with E-state index in [1.54, 1.807) is 0 Å². The highest BCUT2D eigenvalue weighted by Crippen LogP contribution is 2.06. The van der Waals surface area contributed by atoms with Gasteiger partial charge in [0.1, 0.15) is 5.78 Å². The van der Waals surface area contributed by atoms with E-state index in [4.69, 9.17) is 0 Å². The monoisotopic (exact) mass is 171 g/mol. The van der Waals surface area contributed by atoms with Crippen LogP contribution in [-0.4, -0.2) is 10.8 Å². The summed E-state index contributed by atoms with van der Waals surface area (Å²) in [5.74, 6) is -1.97. The zero-order valence-corrected chi connectivity index (χ0v) is 6.47. The first kappa shape index (κ1) is 8.77. The Labute approximate surface area is 68.2 Å². The molecule has 0 radical (unpaired) electrons. The van der Waals surface area contributed by atoms with Gasteiger partial charge in [-0.05, 0) is 19.1 Å². The van der Waals surface area contributed by atoms with Gasteiger partial charge in [-0.3, -0.25) is 4.79 Å². The fraction of sp³-hybridized carbons (Fsp3) is 0.250. The molecule has 0 N–H and O–H groups in total. The fourth-order valence-electron chi connectivity index (χ4n) is 0.841. The average molecular weight is 171 g/mol. The standard InChI is InChI=1S/C8H7F2NO/c1-5(12)4-6-2-3-7(9)11-8(6)10/h2-3H,4H2,1H3. The van der Waals surface area contributed by atoms with Gasteiger partial charge in [0.15, 0.2) is 0 Å². The molecule has 0 aliphatic rings. The van der Waals surface area contributed by atoms with Crippen LogP contribution in [0.15, 0.2) is 12.1 Å². The second kappa shape index (κ2) is 3.38. The molecule has 0 aromatic carbocycles. The summed E-state index contributed by atoms with van der Waals surface area (Å²) in [6.07, 6.45) is -0.0425. The molecule has 0 saturated heterocycles. The number of aromatic nitrogens is 1. The van der Waals surface area contributed by atoms with E-state index < -0.39 is 11.9 Å². The second-order valence-electron chi connectivity index (χ2n) is 2.46. The quantitative estimate of drug-likeness (QED) is 0.631. The Morgan fingerprint density at radius 1 is 1.50 bits per heavy atom. The lowest BCUT2D eigenvalue weighted by atomic mass is 10.1. The minimum atomic E-state index is -0.912. The van der Waals surface area contributed by atoms with E-state index in [0.29, 0.717) is 0 Å². The number of pyridine rings is 1. The molecule has 0 amide bonds. The summed E-state index contributed by atoms with van der Waals surface area (Å²) >= 11 is 0. The van der Waals surface area contributed by atoms with Crippen LogP contribution in [-0.2, 0) is 11.2 Å². The van der Waals surface area contributed by atoms with Crippen molar-refractivity contribution in [3.8, 4) is 0 Å². The second-order valence-corrected chi connectivity index (χ2v) is 2.46. The molecule has 4 heteroatoms. The summed E-state index contributed by atoms with van der Waals surface area (Å²) in [7, 11) is 0. The first-order valence-electron chi connectivity index (χ1n) is 3.40. The Morgan fingerprint density at radius 2 is 2.17 bits per heavy atom. The maximum atomic E-state index is 12.7. The van der Waals surface area contributed by atoms with Gasteiger partial charge in [0.2, 0.25) is 11.9 Å². The molecule has 1 heterocycles. The molecule has 64 valence electrons. The smallest absolute Gasteiger partial charge is 0.219 e. The highest BCUT2D eigenvalue weighted by molar-refractivity contribution is 5.78. The van der Waals surface area contributed by atoms with Crippen LogP contribution in [0.4, 0.5) is 8.78 Å². The van der Waals surface area contributed by atoms with E-state index in [-0.39, 0.29) is 17.8 Å². The third kappa shape index (κ3) is 2.08. The van der Waals surface area contributed by atoms with E-state index in [1.165, 1.54) is 13.0 Å². The first-order chi connectivity index (χ1) is 5.59. The van der Waals surface area contributed by atoms with Crippen LogP contribution in [0.25, 0.3) is 0 Å². The molecule has 2 nitrogen and oxygen atoms in total. The maximum absolute atomic E-state index is 12.7. The molecule has 0 saturated carbocycles. The van der Waals surface area contributed by atoms with E-state index in [1.807, 2.05) is 0 Å². The van der Waals surface area contributed by atoms with Crippen molar-refractivity contribution < 1.29 is 13.6 Å². The Bertz CT molecular complexity index is 312. The number of halogens is 2. The van der Waals surface area contributed by atoms with Crippen molar-refractivity contribution in [2.75, 3.05) is 0 Å². The summed E-state index contributed by atoms with van der Waals surface area (Å²) in [4.78, 5) is 13.5. The predicted octanol–water partition coefficient (Wildman–Crippen LogP) is 1.49. The lowest BCUT2D eigenvalue weighted by Gasteiger charge is -1.97. The number of hydrogen-bond acceptors (Lipinski definition) is 2. The summed E-state index contributed by atoms with van der Waals surface area (Å²) in [5.41, 5.74) is 0.129. The van der Waals surface area contributed by atoms with Gasteiger partial charge in [0.25, 0.3) is 0 Å². The number of hydrogen-bond donors (Lipinski definition) is 0. The van der Waals surface area contributed by atoms with Crippen molar-refractivity contribution in [1.29, 1.82) is 0 Å². The molecular weight excluding hydrogens is 164 g/mol. The number of nitrogens with zero attached hydrogens (tertiary/aromatic N) is 1. The fourth-order valence-corrected chi connectivity index (χ4v) is 0.841. The number of carbonyl (C=O) groups is 1. The van der Waals surface area contributed by atoms with Crippen molar-refractivity contribution in [1.82, 2.24) is 4.98 Å². The van der Waals surface area contributed by atoms with Crippen LogP contribution >= 0.6 is 0 Å². The van der Waals surface area contributed by atoms with Gasteiger partial charge in [-0.25, -0.2) is 0 Å². The van der Waals surface area contributed by atoms with Crippen molar-refractivity contribution in [3.63, 3.8) is 0 Å². The van der Waals surface area contributed by atoms with Gasteiger partial charge in [0, 0.05) is 12.0 Å². The van der Waals surface area contributed by atoms with E-state index >= 15 is 0 Å². The van der Waals surface area contributed by atoms with Crippen molar-refractivity contribution in [2.45, 2.75) is 13.3 Å². The van der Waals surface area contributed by atoms with Crippen LogP contribution in [0.3, 0.4) is 0 Å². The van der Waals surface area contributed by atoms with Crippen LogP contribution in [0.1, 0.15) is 12.5 Å². The Hall–Kier alpha value is -1.32. The molecule has 0 aliphatic heterocycles. The van der Waals surface area contributed by atoms with E-state index in [9.17, 15) is 13.6 Å². The largest absolute Gasteiger partial charge is 0.300 e. The van der Waals surface area contributed by atoms with Crippen LogP contribution in [0.2, 0.25) is 0 Å². The number of carbonyl (C=O) groups excluding carboxylic acids is 1. The number of rotatable bonds is 2. The lowest BCUT2D eigenvalue weighted by Crippen LogP contribution is -2.02. The van der Waals surface area contributed by atoms with Gasteiger partial charge in [0.05, 0.1) is 0 Å². The first-order valence-corrected chi connectivity index (χ1v) is 3.40. The zero-order valence-electron chi connectivity index (χ0n) is 6.47. The summed E-state index contributed by atoms with van der Waals surface area (Å²) in [5, 5.41) is 0. The van der Waals surface area contributed by atoms with Crippen LogP contribution in [0.5, 0.6) is 0 Å². The Morgan fingerprint density at radius 3 is 2.67 bits per heavy atom. The van der Waals surface area contributed by atoms with Gasteiger partial charge < -0.3 is 0 Å². The van der Waals surface area contributed by atoms with Crippen LogP contribution < -0.4 is 0 Å². The number of Topliss-reactive ketones (excluding diaryl/α,β-unsaturated/α-hetero) is 1. The van der Waals surface area contributed by atoms with Gasteiger partial charge in [-0.2, -0.15) is 13.8 Å². The maximum Gasteiger partial charge on any atom is 0.219 e. The Balaban J connectivity index is 2.93. The lowest BCUT2D eigenvalue weighted by molar-refractivity contribution is -0.116. The van der Waals surface area contributed by atoms with Gasteiger partial charge in [-0.1, -0.05) is 0 Å². The molecule has 1 aromatic heterocycles. The van der Waals surface area contributed by atoms with Crippen LogP contribution in [0, 0.1) is 11.9 Å². The highest BCUT2D eigenvalue weighted by atomic mass is 19.1. The predicted molar refractivity (Wildman–Crippen MR) is 38.5 cm³/mol. The summed E-state index contributed by atoms with van der Waals surface area (Å²) in [6, 6.07) is 2.25. The SMILES string of the molecule is CC(=O)Cc1ccc(F)nc1F.